The van der Waals surface area contributed by atoms with E-state index in [0.29, 0.717) is 0 Å². The zero-order valence-corrected chi connectivity index (χ0v) is 10.2. The average molecular weight is 242 g/mol. The Hall–Kier alpha value is -1.78. The first-order chi connectivity index (χ1) is 7.81. The lowest BCUT2D eigenvalue weighted by Crippen LogP contribution is -2.13. The molecular weight excluding hydrogens is 227 g/mol. The lowest BCUT2D eigenvalue weighted by molar-refractivity contribution is 0.0696. The molecule has 0 saturated carbocycles. The van der Waals surface area contributed by atoms with Crippen LogP contribution in [0.5, 0.6) is 11.5 Å². The standard InChI is InChI=1S/C12H15FO4/c1-12(2,13)8-5-7(11(14)15)6-9(16-3)10(8)17-4/h5-6H,1-4H3,(H,14,15). The first-order valence-corrected chi connectivity index (χ1v) is 5.00. The predicted octanol–water partition coefficient (Wildman–Crippen LogP) is 2.61. The summed E-state index contributed by atoms with van der Waals surface area (Å²) in [7, 11) is 2.76. The number of benzene rings is 1. The highest BCUT2D eigenvalue weighted by atomic mass is 19.1. The lowest BCUT2D eigenvalue weighted by Gasteiger charge is -2.20. The van der Waals surface area contributed by atoms with Gasteiger partial charge < -0.3 is 14.6 Å². The van der Waals surface area contributed by atoms with Crippen molar-refractivity contribution in [1.82, 2.24) is 0 Å². The number of carboxylic acid groups (broad SMARTS) is 1. The molecule has 0 fully saturated rings. The van der Waals surface area contributed by atoms with E-state index in [0.717, 1.165) is 0 Å². The van der Waals surface area contributed by atoms with Gasteiger partial charge in [-0.05, 0) is 26.0 Å². The maximum atomic E-state index is 14.0. The van der Waals surface area contributed by atoms with Crippen LogP contribution in [-0.4, -0.2) is 25.3 Å². The fourth-order valence-corrected chi connectivity index (χ4v) is 1.53. The molecule has 1 N–H and O–H groups in total. The van der Waals surface area contributed by atoms with Crippen LogP contribution in [-0.2, 0) is 5.67 Å². The topological polar surface area (TPSA) is 55.8 Å². The Morgan fingerprint density at radius 2 is 1.88 bits per heavy atom. The summed E-state index contributed by atoms with van der Waals surface area (Å²) < 4.78 is 24.1. The summed E-state index contributed by atoms with van der Waals surface area (Å²) >= 11 is 0. The van der Waals surface area contributed by atoms with Crippen LogP contribution < -0.4 is 9.47 Å². The van der Waals surface area contributed by atoms with E-state index in [-0.39, 0.29) is 22.6 Å². The van der Waals surface area contributed by atoms with Gasteiger partial charge in [-0.2, -0.15) is 0 Å². The quantitative estimate of drug-likeness (QED) is 0.881. The second-order valence-corrected chi connectivity index (χ2v) is 4.04. The van der Waals surface area contributed by atoms with Gasteiger partial charge in [-0.1, -0.05) is 0 Å². The van der Waals surface area contributed by atoms with E-state index in [2.05, 4.69) is 0 Å². The molecule has 0 atom stereocenters. The van der Waals surface area contributed by atoms with Crippen LogP contribution in [0.3, 0.4) is 0 Å². The highest BCUT2D eigenvalue weighted by molar-refractivity contribution is 5.89. The van der Waals surface area contributed by atoms with Gasteiger partial charge in [0, 0.05) is 5.56 Å². The summed E-state index contributed by atoms with van der Waals surface area (Å²) in [5, 5.41) is 8.94. The van der Waals surface area contributed by atoms with Crippen molar-refractivity contribution in [3.63, 3.8) is 0 Å². The summed E-state index contributed by atoms with van der Waals surface area (Å²) in [5.41, 5.74) is -1.61. The minimum absolute atomic E-state index is 0.0385. The Kier molecular flexibility index (Phi) is 3.60. The Morgan fingerprint density at radius 1 is 1.29 bits per heavy atom. The number of carboxylic acids is 1. The minimum Gasteiger partial charge on any atom is -0.493 e. The van der Waals surface area contributed by atoms with Crippen molar-refractivity contribution in [2.45, 2.75) is 19.5 Å². The Balaban J connectivity index is 3.54. The van der Waals surface area contributed by atoms with E-state index in [1.807, 2.05) is 0 Å². The summed E-state index contributed by atoms with van der Waals surface area (Å²) in [6.07, 6.45) is 0. The molecule has 0 aliphatic rings. The Bertz CT molecular complexity index is 435. The van der Waals surface area contributed by atoms with Crippen molar-refractivity contribution in [2.75, 3.05) is 14.2 Å². The fraction of sp³-hybridized carbons (Fsp3) is 0.417. The molecule has 0 amide bonds. The van der Waals surface area contributed by atoms with Gasteiger partial charge in [-0.3, -0.25) is 0 Å². The third-order valence-corrected chi connectivity index (χ3v) is 2.37. The first kappa shape index (κ1) is 13.3. The van der Waals surface area contributed by atoms with Crippen molar-refractivity contribution in [2.24, 2.45) is 0 Å². The third kappa shape index (κ3) is 2.67. The molecule has 0 spiro atoms. The number of hydrogen-bond acceptors (Lipinski definition) is 3. The van der Waals surface area contributed by atoms with Gasteiger partial charge in [-0.25, -0.2) is 9.18 Å². The normalized spacial score (nSPS) is 11.1. The van der Waals surface area contributed by atoms with Crippen LogP contribution in [0.1, 0.15) is 29.8 Å². The monoisotopic (exact) mass is 242 g/mol. The smallest absolute Gasteiger partial charge is 0.335 e. The number of rotatable bonds is 4. The molecule has 0 aromatic heterocycles. The van der Waals surface area contributed by atoms with Crippen molar-refractivity contribution >= 4 is 5.97 Å². The molecule has 4 nitrogen and oxygen atoms in total. The molecule has 1 aromatic carbocycles. The van der Waals surface area contributed by atoms with E-state index in [1.54, 1.807) is 0 Å². The highest BCUT2D eigenvalue weighted by Crippen LogP contribution is 2.40. The molecule has 0 saturated heterocycles. The summed E-state index contributed by atoms with van der Waals surface area (Å²) in [5.74, 6) is -0.727. The molecule has 0 aliphatic heterocycles. The van der Waals surface area contributed by atoms with Crippen LogP contribution in [0.15, 0.2) is 12.1 Å². The zero-order chi connectivity index (χ0) is 13.2. The Morgan fingerprint density at radius 3 is 2.24 bits per heavy atom. The molecule has 1 rings (SSSR count). The van der Waals surface area contributed by atoms with Crippen LogP contribution in [0, 0.1) is 0 Å². The number of carbonyl (C=O) groups is 1. The summed E-state index contributed by atoms with van der Waals surface area (Å²) in [4.78, 5) is 10.9. The lowest BCUT2D eigenvalue weighted by atomic mass is 9.96. The maximum Gasteiger partial charge on any atom is 0.335 e. The minimum atomic E-state index is -1.72. The number of halogens is 1. The van der Waals surface area contributed by atoms with Gasteiger partial charge in [0.25, 0.3) is 0 Å². The number of aromatic carboxylic acids is 1. The van der Waals surface area contributed by atoms with Crippen molar-refractivity contribution in [3.05, 3.63) is 23.3 Å². The molecule has 5 heteroatoms. The van der Waals surface area contributed by atoms with Gasteiger partial charge >= 0.3 is 5.97 Å². The van der Waals surface area contributed by atoms with Crippen molar-refractivity contribution < 1.29 is 23.8 Å². The SMILES string of the molecule is COc1cc(C(=O)O)cc(C(C)(C)F)c1OC. The predicted molar refractivity (Wildman–Crippen MR) is 60.6 cm³/mol. The first-order valence-electron chi connectivity index (χ1n) is 5.00. The van der Waals surface area contributed by atoms with Gasteiger partial charge in [-0.15, -0.1) is 0 Å². The number of ether oxygens (including phenoxy) is 2. The van der Waals surface area contributed by atoms with E-state index in [9.17, 15) is 9.18 Å². The van der Waals surface area contributed by atoms with Crippen LogP contribution in [0.4, 0.5) is 4.39 Å². The fourth-order valence-electron chi connectivity index (χ4n) is 1.53. The van der Waals surface area contributed by atoms with E-state index in [4.69, 9.17) is 14.6 Å². The van der Waals surface area contributed by atoms with Gasteiger partial charge in [0.15, 0.2) is 11.5 Å². The zero-order valence-electron chi connectivity index (χ0n) is 10.2. The van der Waals surface area contributed by atoms with Crippen molar-refractivity contribution in [1.29, 1.82) is 0 Å². The summed E-state index contributed by atoms with van der Waals surface area (Å²) in [6, 6.07) is 2.56. The number of methoxy groups -OCH3 is 2. The molecule has 0 heterocycles. The average Bonchev–Trinajstić information content (AvgIpc) is 2.25. The van der Waals surface area contributed by atoms with E-state index in [1.165, 1.54) is 40.2 Å². The van der Waals surface area contributed by atoms with Gasteiger partial charge in [0.05, 0.1) is 19.8 Å². The molecule has 17 heavy (non-hydrogen) atoms. The van der Waals surface area contributed by atoms with E-state index >= 15 is 0 Å². The van der Waals surface area contributed by atoms with Crippen molar-refractivity contribution in [3.8, 4) is 11.5 Å². The molecule has 1 aromatic rings. The van der Waals surface area contributed by atoms with Gasteiger partial charge in [0.1, 0.15) is 5.67 Å². The van der Waals surface area contributed by atoms with Crippen LogP contribution in [0.25, 0.3) is 0 Å². The molecule has 0 bridgehead atoms. The molecular formula is C12H15FO4. The molecule has 0 aliphatic carbocycles. The largest absolute Gasteiger partial charge is 0.493 e. The van der Waals surface area contributed by atoms with Crippen LogP contribution >= 0.6 is 0 Å². The summed E-state index contributed by atoms with van der Waals surface area (Å²) in [6.45, 7) is 2.66. The number of alkyl halides is 1. The Labute approximate surface area is 99.0 Å². The second kappa shape index (κ2) is 4.61. The van der Waals surface area contributed by atoms with Gasteiger partial charge in [0.2, 0.25) is 0 Å². The molecule has 0 radical (unpaired) electrons. The van der Waals surface area contributed by atoms with E-state index < -0.39 is 11.6 Å². The third-order valence-electron chi connectivity index (χ3n) is 2.37. The second-order valence-electron chi connectivity index (χ2n) is 4.04. The highest BCUT2D eigenvalue weighted by Gasteiger charge is 2.27. The number of hydrogen-bond donors (Lipinski definition) is 1. The van der Waals surface area contributed by atoms with Crippen LogP contribution in [0.2, 0.25) is 0 Å². The molecule has 94 valence electrons. The maximum absolute atomic E-state index is 14.0. The molecule has 0 unspecified atom stereocenters.